The van der Waals surface area contributed by atoms with Gasteiger partial charge in [0.2, 0.25) is 0 Å². The van der Waals surface area contributed by atoms with Crippen LogP contribution in [0.2, 0.25) is 0 Å². The Morgan fingerprint density at radius 3 is 1.95 bits per heavy atom. The zero-order valence-electron chi connectivity index (χ0n) is 10.7. The second kappa shape index (κ2) is 6.21. The van der Waals surface area contributed by atoms with E-state index in [0.29, 0.717) is 5.56 Å². The Balaban J connectivity index is 2.36. The largest absolute Gasteiger partial charge is 0.340 e. The summed E-state index contributed by atoms with van der Waals surface area (Å²) in [6.07, 6.45) is 0. The van der Waals surface area contributed by atoms with E-state index < -0.39 is 13.9 Å². The van der Waals surface area contributed by atoms with Gasteiger partial charge in [-0.2, -0.15) is 8.42 Å². The summed E-state index contributed by atoms with van der Waals surface area (Å²) in [5, 5.41) is 0. The van der Waals surface area contributed by atoms with Crippen LogP contribution in [0.25, 0.3) is 0 Å². The molecule has 0 bridgehead atoms. The van der Waals surface area contributed by atoms with Crippen molar-refractivity contribution < 1.29 is 17.3 Å². The minimum Gasteiger partial charge on any atom is -0.340 e. The van der Waals surface area contributed by atoms with E-state index >= 15 is 0 Å². The summed E-state index contributed by atoms with van der Waals surface area (Å²) < 4.78 is 33.7. The molecule has 0 aromatic heterocycles. The highest BCUT2D eigenvalue weighted by molar-refractivity contribution is 14.1. The number of alkyl halides is 1. The topological polar surface area (TPSA) is 52.6 Å². The normalized spacial score (nSPS) is 14.7. The van der Waals surface area contributed by atoms with Gasteiger partial charge in [-0.05, 0) is 34.7 Å². The van der Waals surface area contributed by atoms with Gasteiger partial charge in [0.05, 0.1) is 4.90 Å². The van der Waals surface area contributed by atoms with Gasteiger partial charge in [0.25, 0.3) is 3.79 Å². The van der Waals surface area contributed by atoms with Crippen molar-refractivity contribution in [3.8, 4) is 0 Å². The van der Waals surface area contributed by atoms with Gasteiger partial charge in [0.15, 0.2) is 0 Å². The van der Waals surface area contributed by atoms with Crippen molar-refractivity contribution in [3.63, 3.8) is 0 Å². The van der Waals surface area contributed by atoms with Gasteiger partial charge in [0.1, 0.15) is 0 Å². The molecule has 0 radical (unpaired) electrons. The van der Waals surface area contributed by atoms with Crippen LogP contribution >= 0.6 is 22.6 Å². The molecule has 20 heavy (non-hydrogen) atoms. The van der Waals surface area contributed by atoms with E-state index in [-0.39, 0.29) is 4.90 Å². The average Bonchev–Trinajstić information content (AvgIpc) is 2.48. The highest BCUT2D eigenvalue weighted by Crippen LogP contribution is 2.37. The van der Waals surface area contributed by atoms with Gasteiger partial charge < -0.3 is 4.74 Å². The van der Waals surface area contributed by atoms with Crippen molar-refractivity contribution in [1.29, 1.82) is 0 Å². The molecule has 1 atom stereocenters. The lowest BCUT2D eigenvalue weighted by molar-refractivity contribution is -0.0706. The molecule has 0 fully saturated rings. The quantitative estimate of drug-likeness (QED) is 0.332. The molecule has 0 aliphatic rings. The fourth-order valence-corrected chi connectivity index (χ4v) is 3.72. The van der Waals surface area contributed by atoms with E-state index in [2.05, 4.69) is 0 Å². The molecular formula is C14H13IO4S. The van der Waals surface area contributed by atoms with Crippen molar-refractivity contribution in [2.24, 2.45) is 0 Å². The molecule has 0 amide bonds. The third-order valence-corrected chi connectivity index (χ3v) is 5.52. The predicted octanol–water partition coefficient (Wildman–Crippen LogP) is 3.28. The number of rotatable bonds is 5. The molecule has 0 saturated carbocycles. The lowest BCUT2D eigenvalue weighted by atomic mass is 10.2. The van der Waals surface area contributed by atoms with E-state index in [4.69, 9.17) is 8.92 Å². The van der Waals surface area contributed by atoms with E-state index in [9.17, 15) is 8.42 Å². The molecule has 2 aromatic rings. The van der Waals surface area contributed by atoms with Crippen molar-refractivity contribution in [2.45, 2.75) is 8.69 Å². The van der Waals surface area contributed by atoms with Gasteiger partial charge in [-0.1, -0.05) is 48.5 Å². The third kappa shape index (κ3) is 3.38. The minimum atomic E-state index is -3.91. The van der Waals surface area contributed by atoms with Crippen LogP contribution in [0.15, 0.2) is 65.6 Å². The molecule has 0 aliphatic heterocycles. The van der Waals surface area contributed by atoms with Crippen LogP contribution in [0.3, 0.4) is 0 Å². The molecule has 2 aromatic carbocycles. The Bertz CT molecular complexity index is 658. The summed E-state index contributed by atoms with van der Waals surface area (Å²) >= 11 is 1.83. The monoisotopic (exact) mass is 404 g/mol. The zero-order valence-corrected chi connectivity index (χ0v) is 13.7. The average molecular weight is 404 g/mol. The fourth-order valence-electron chi connectivity index (χ4n) is 1.61. The van der Waals surface area contributed by atoms with Crippen LogP contribution in [-0.4, -0.2) is 15.5 Å². The highest BCUT2D eigenvalue weighted by atomic mass is 127. The number of benzene rings is 2. The van der Waals surface area contributed by atoms with E-state index in [1.807, 2.05) is 28.7 Å². The molecule has 1 unspecified atom stereocenters. The van der Waals surface area contributed by atoms with Gasteiger partial charge in [-0.15, -0.1) is 0 Å². The Hall–Kier alpha value is -0.960. The van der Waals surface area contributed by atoms with Gasteiger partial charge in [-0.25, -0.2) is 4.18 Å². The van der Waals surface area contributed by atoms with Crippen molar-refractivity contribution in [2.75, 3.05) is 7.11 Å². The Morgan fingerprint density at radius 1 is 0.950 bits per heavy atom. The number of halogens is 1. The standard InChI is InChI=1S/C14H13IO4S/c1-18-14(15,12-8-4-2-5-9-12)19-20(16,17)13-10-6-3-7-11-13/h2-11H,1H3. The molecular weight excluding hydrogens is 391 g/mol. The molecule has 4 nitrogen and oxygen atoms in total. The maximum atomic E-state index is 12.3. The minimum absolute atomic E-state index is 0.0917. The first-order chi connectivity index (χ1) is 9.48. The van der Waals surface area contributed by atoms with E-state index in [1.54, 1.807) is 42.5 Å². The maximum Gasteiger partial charge on any atom is 0.300 e. The highest BCUT2D eigenvalue weighted by Gasteiger charge is 2.36. The first kappa shape index (κ1) is 15.4. The first-order valence-corrected chi connectivity index (χ1v) is 8.27. The van der Waals surface area contributed by atoms with Crippen LogP contribution in [0, 0.1) is 0 Å². The predicted molar refractivity (Wildman–Crippen MR) is 83.9 cm³/mol. The lowest BCUT2D eigenvalue weighted by Crippen LogP contribution is -2.28. The van der Waals surface area contributed by atoms with Crippen molar-refractivity contribution >= 4 is 32.7 Å². The molecule has 0 saturated heterocycles. The number of hydrogen-bond acceptors (Lipinski definition) is 4. The SMILES string of the molecule is COC(I)(OS(=O)(=O)c1ccccc1)c1ccccc1. The Morgan fingerprint density at radius 2 is 1.45 bits per heavy atom. The Labute approximate surface area is 132 Å². The van der Waals surface area contributed by atoms with Crippen LogP contribution in [-0.2, 0) is 22.8 Å². The third-order valence-electron chi connectivity index (χ3n) is 2.63. The van der Waals surface area contributed by atoms with E-state index in [0.717, 1.165) is 0 Å². The summed E-state index contributed by atoms with van der Waals surface area (Å²) in [6, 6.07) is 16.9. The second-order valence-electron chi connectivity index (χ2n) is 3.96. The molecule has 0 spiro atoms. The molecule has 0 N–H and O–H groups in total. The lowest BCUT2D eigenvalue weighted by Gasteiger charge is -2.25. The van der Waals surface area contributed by atoms with Crippen molar-refractivity contribution in [1.82, 2.24) is 0 Å². The van der Waals surface area contributed by atoms with Crippen LogP contribution in [0.5, 0.6) is 0 Å². The first-order valence-electron chi connectivity index (χ1n) is 5.78. The summed E-state index contributed by atoms with van der Waals surface area (Å²) in [5.74, 6) is 0. The summed E-state index contributed by atoms with van der Waals surface area (Å²) in [5.41, 5.74) is 0.614. The second-order valence-corrected chi connectivity index (χ2v) is 6.92. The molecule has 106 valence electrons. The molecule has 2 rings (SSSR count). The zero-order chi connectivity index (χ0) is 14.6. The maximum absolute atomic E-state index is 12.3. The van der Waals surface area contributed by atoms with Gasteiger partial charge >= 0.3 is 10.1 Å². The number of ether oxygens (including phenoxy) is 1. The molecule has 0 heterocycles. The number of methoxy groups -OCH3 is 1. The van der Waals surface area contributed by atoms with Crippen LogP contribution in [0.1, 0.15) is 5.56 Å². The van der Waals surface area contributed by atoms with Gasteiger partial charge in [-0.3, -0.25) is 0 Å². The summed E-state index contributed by atoms with van der Waals surface area (Å²) in [7, 11) is -2.51. The van der Waals surface area contributed by atoms with E-state index in [1.165, 1.54) is 19.2 Å². The van der Waals surface area contributed by atoms with Gasteiger partial charge in [0, 0.05) is 12.7 Å². The fraction of sp³-hybridized carbons (Fsp3) is 0.143. The smallest absolute Gasteiger partial charge is 0.300 e. The molecule has 0 aliphatic carbocycles. The van der Waals surface area contributed by atoms with Crippen LogP contribution < -0.4 is 0 Å². The summed E-state index contributed by atoms with van der Waals surface area (Å²) in [4.78, 5) is 0.0917. The summed E-state index contributed by atoms with van der Waals surface area (Å²) in [6.45, 7) is 0. The number of hydrogen-bond donors (Lipinski definition) is 0. The van der Waals surface area contributed by atoms with Crippen molar-refractivity contribution in [3.05, 3.63) is 66.2 Å². The van der Waals surface area contributed by atoms with Crippen LogP contribution in [0.4, 0.5) is 0 Å². The Kier molecular flexibility index (Phi) is 4.79. The molecule has 6 heteroatoms.